The number of aryl methyl sites for hydroxylation is 1. The van der Waals surface area contributed by atoms with Gasteiger partial charge in [0.2, 0.25) is 0 Å². The van der Waals surface area contributed by atoms with Crippen LogP contribution in [0.5, 0.6) is 0 Å². The van der Waals surface area contributed by atoms with Crippen molar-refractivity contribution < 1.29 is 4.79 Å². The van der Waals surface area contributed by atoms with Gasteiger partial charge in [0.1, 0.15) is 0 Å². The molecule has 0 saturated carbocycles. The molecule has 0 spiro atoms. The molecule has 0 bridgehead atoms. The number of hydrogen-bond acceptors (Lipinski definition) is 2. The second-order valence-corrected chi connectivity index (χ2v) is 5.26. The molecule has 3 heteroatoms. The molecule has 0 fully saturated rings. The van der Waals surface area contributed by atoms with E-state index in [1.807, 2.05) is 45.9 Å². The SMILES string of the molecule is CCNc1ccc(C(=O)NC(C)(C)C)cc1C. The molecule has 0 atom stereocenters. The lowest BCUT2D eigenvalue weighted by Crippen LogP contribution is -2.40. The van der Waals surface area contributed by atoms with Crippen LogP contribution >= 0.6 is 0 Å². The van der Waals surface area contributed by atoms with Crippen molar-refractivity contribution in [1.82, 2.24) is 5.32 Å². The summed E-state index contributed by atoms with van der Waals surface area (Å²) in [6, 6.07) is 5.72. The molecule has 0 unspecified atom stereocenters. The highest BCUT2D eigenvalue weighted by atomic mass is 16.1. The van der Waals surface area contributed by atoms with Crippen molar-refractivity contribution in [2.24, 2.45) is 0 Å². The predicted octanol–water partition coefficient (Wildman–Crippen LogP) is 2.96. The molecule has 1 aromatic carbocycles. The molecule has 1 amide bonds. The third-order valence-corrected chi connectivity index (χ3v) is 2.34. The molecule has 1 rings (SSSR count). The molecule has 3 nitrogen and oxygen atoms in total. The fourth-order valence-electron chi connectivity index (χ4n) is 1.61. The van der Waals surface area contributed by atoms with E-state index < -0.39 is 0 Å². The van der Waals surface area contributed by atoms with Crippen LogP contribution in [0.15, 0.2) is 18.2 Å². The summed E-state index contributed by atoms with van der Waals surface area (Å²) in [5, 5.41) is 6.21. The van der Waals surface area contributed by atoms with Crippen LogP contribution in [-0.4, -0.2) is 18.0 Å². The van der Waals surface area contributed by atoms with Gasteiger partial charge in [0.05, 0.1) is 0 Å². The van der Waals surface area contributed by atoms with E-state index in [1.54, 1.807) is 0 Å². The molecule has 0 saturated heterocycles. The van der Waals surface area contributed by atoms with E-state index in [2.05, 4.69) is 17.6 Å². The number of anilines is 1. The Morgan fingerprint density at radius 3 is 2.41 bits per heavy atom. The van der Waals surface area contributed by atoms with Gasteiger partial charge in [-0.2, -0.15) is 0 Å². The summed E-state index contributed by atoms with van der Waals surface area (Å²) in [5.74, 6) is -0.0244. The highest BCUT2D eigenvalue weighted by Gasteiger charge is 2.15. The van der Waals surface area contributed by atoms with Crippen LogP contribution in [0.2, 0.25) is 0 Å². The van der Waals surface area contributed by atoms with E-state index in [0.717, 1.165) is 17.8 Å². The Kier molecular flexibility index (Phi) is 4.16. The fraction of sp³-hybridized carbons (Fsp3) is 0.500. The van der Waals surface area contributed by atoms with Gasteiger partial charge >= 0.3 is 0 Å². The van der Waals surface area contributed by atoms with Crippen LogP contribution in [-0.2, 0) is 0 Å². The zero-order valence-corrected chi connectivity index (χ0v) is 11.3. The van der Waals surface area contributed by atoms with Gasteiger partial charge in [-0.1, -0.05) is 0 Å². The summed E-state index contributed by atoms with van der Waals surface area (Å²) < 4.78 is 0. The smallest absolute Gasteiger partial charge is 0.251 e. The quantitative estimate of drug-likeness (QED) is 0.844. The lowest BCUT2D eigenvalue weighted by atomic mass is 10.1. The third kappa shape index (κ3) is 4.10. The van der Waals surface area contributed by atoms with Crippen LogP contribution in [0, 0.1) is 6.92 Å². The number of carbonyl (C=O) groups excluding carboxylic acids is 1. The second kappa shape index (κ2) is 5.21. The highest BCUT2D eigenvalue weighted by Crippen LogP contribution is 2.16. The summed E-state index contributed by atoms with van der Waals surface area (Å²) in [6.45, 7) is 10.9. The molecule has 17 heavy (non-hydrogen) atoms. The van der Waals surface area contributed by atoms with E-state index >= 15 is 0 Å². The number of rotatable bonds is 3. The van der Waals surface area contributed by atoms with E-state index in [9.17, 15) is 4.79 Å². The highest BCUT2D eigenvalue weighted by molar-refractivity contribution is 5.95. The molecule has 2 N–H and O–H groups in total. The maximum absolute atomic E-state index is 12.0. The summed E-state index contributed by atoms with van der Waals surface area (Å²) in [5.41, 5.74) is 2.68. The van der Waals surface area contributed by atoms with Crippen molar-refractivity contribution in [1.29, 1.82) is 0 Å². The zero-order chi connectivity index (χ0) is 13.1. The molecule has 0 aliphatic rings. The first-order chi connectivity index (χ1) is 7.83. The standard InChI is InChI=1S/C14H22N2O/c1-6-15-12-8-7-11(9-10(12)2)13(17)16-14(3,4)5/h7-9,15H,6H2,1-5H3,(H,16,17). The van der Waals surface area contributed by atoms with Crippen molar-refractivity contribution in [3.05, 3.63) is 29.3 Å². The predicted molar refractivity (Wildman–Crippen MR) is 72.6 cm³/mol. The summed E-state index contributed by atoms with van der Waals surface area (Å²) >= 11 is 0. The van der Waals surface area contributed by atoms with Gasteiger partial charge in [-0.25, -0.2) is 0 Å². The van der Waals surface area contributed by atoms with Crippen molar-refractivity contribution >= 4 is 11.6 Å². The summed E-state index contributed by atoms with van der Waals surface area (Å²) in [7, 11) is 0. The Labute approximate surface area is 104 Å². The Balaban J connectivity index is 2.86. The van der Waals surface area contributed by atoms with E-state index in [4.69, 9.17) is 0 Å². The number of benzene rings is 1. The first-order valence-corrected chi connectivity index (χ1v) is 6.00. The minimum Gasteiger partial charge on any atom is -0.385 e. The summed E-state index contributed by atoms with van der Waals surface area (Å²) in [4.78, 5) is 12.0. The number of amides is 1. The molecule has 0 aromatic heterocycles. The van der Waals surface area contributed by atoms with Gasteiger partial charge in [-0.3, -0.25) is 4.79 Å². The average molecular weight is 234 g/mol. The Morgan fingerprint density at radius 2 is 1.94 bits per heavy atom. The minimum atomic E-state index is -0.203. The number of nitrogens with one attached hydrogen (secondary N) is 2. The van der Waals surface area contributed by atoms with E-state index in [-0.39, 0.29) is 11.4 Å². The van der Waals surface area contributed by atoms with Crippen LogP contribution in [0.3, 0.4) is 0 Å². The van der Waals surface area contributed by atoms with Gasteiger partial charge in [-0.15, -0.1) is 0 Å². The maximum Gasteiger partial charge on any atom is 0.251 e. The van der Waals surface area contributed by atoms with Crippen LogP contribution in [0.1, 0.15) is 43.6 Å². The van der Waals surface area contributed by atoms with Crippen molar-refractivity contribution in [2.75, 3.05) is 11.9 Å². The first-order valence-electron chi connectivity index (χ1n) is 6.00. The largest absolute Gasteiger partial charge is 0.385 e. The molecule has 1 aromatic rings. The average Bonchev–Trinajstić information content (AvgIpc) is 2.18. The van der Waals surface area contributed by atoms with Gasteiger partial charge in [0.15, 0.2) is 0 Å². The van der Waals surface area contributed by atoms with Gasteiger partial charge in [-0.05, 0) is 58.4 Å². The second-order valence-electron chi connectivity index (χ2n) is 5.26. The first kappa shape index (κ1) is 13.6. The van der Waals surface area contributed by atoms with E-state index in [1.165, 1.54) is 0 Å². The molecular formula is C14H22N2O. The summed E-state index contributed by atoms with van der Waals surface area (Å²) in [6.07, 6.45) is 0. The van der Waals surface area contributed by atoms with Crippen LogP contribution in [0.4, 0.5) is 5.69 Å². The van der Waals surface area contributed by atoms with Crippen LogP contribution < -0.4 is 10.6 Å². The number of carbonyl (C=O) groups is 1. The molecule has 0 radical (unpaired) electrons. The van der Waals surface area contributed by atoms with Gasteiger partial charge in [0, 0.05) is 23.3 Å². The minimum absolute atomic E-state index is 0.0244. The molecule has 0 aliphatic heterocycles. The Hall–Kier alpha value is -1.51. The van der Waals surface area contributed by atoms with Crippen molar-refractivity contribution in [3.63, 3.8) is 0 Å². The number of hydrogen-bond donors (Lipinski definition) is 2. The van der Waals surface area contributed by atoms with Gasteiger partial charge < -0.3 is 10.6 Å². The lowest BCUT2D eigenvalue weighted by molar-refractivity contribution is 0.0919. The molecule has 0 heterocycles. The molecule has 94 valence electrons. The topological polar surface area (TPSA) is 41.1 Å². The fourth-order valence-corrected chi connectivity index (χ4v) is 1.61. The molecule has 0 aliphatic carbocycles. The van der Waals surface area contributed by atoms with Crippen molar-refractivity contribution in [2.45, 2.75) is 40.2 Å². The Morgan fingerprint density at radius 1 is 1.29 bits per heavy atom. The molecular weight excluding hydrogens is 212 g/mol. The van der Waals surface area contributed by atoms with Crippen LogP contribution in [0.25, 0.3) is 0 Å². The third-order valence-electron chi connectivity index (χ3n) is 2.34. The lowest BCUT2D eigenvalue weighted by Gasteiger charge is -2.20. The maximum atomic E-state index is 12.0. The van der Waals surface area contributed by atoms with E-state index in [0.29, 0.717) is 5.56 Å². The normalized spacial score (nSPS) is 11.1. The van der Waals surface area contributed by atoms with Crippen molar-refractivity contribution in [3.8, 4) is 0 Å². The zero-order valence-electron chi connectivity index (χ0n) is 11.3. The van der Waals surface area contributed by atoms with Gasteiger partial charge in [0.25, 0.3) is 5.91 Å². The monoisotopic (exact) mass is 234 g/mol. The Bertz CT molecular complexity index is 405.